The minimum Gasteiger partial charge on any atom is -0.445 e. The number of rotatable bonds is 2. The molecule has 1 aliphatic heterocycles. The summed E-state index contributed by atoms with van der Waals surface area (Å²) < 4.78 is 7.67. The quantitative estimate of drug-likeness (QED) is 0.722. The van der Waals surface area contributed by atoms with Crippen LogP contribution in [0.3, 0.4) is 0 Å². The fourth-order valence-electron chi connectivity index (χ4n) is 3.32. The minimum absolute atomic E-state index is 0.0839. The lowest BCUT2D eigenvalue weighted by molar-refractivity contribution is 0.0722. The number of carbonyl (C=O) groups is 1. The van der Waals surface area contributed by atoms with E-state index in [4.69, 9.17) is 4.42 Å². The van der Waals surface area contributed by atoms with Crippen LogP contribution in [0.1, 0.15) is 53.0 Å². The fourth-order valence-corrected chi connectivity index (χ4v) is 3.32. The van der Waals surface area contributed by atoms with Crippen molar-refractivity contribution < 1.29 is 9.21 Å². The van der Waals surface area contributed by atoms with Crippen molar-refractivity contribution in [1.82, 2.24) is 24.3 Å². The van der Waals surface area contributed by atoms with Gasteiger partial charge in [-0.05, 0) is 18.9 Å². The highest BCUT2D eigenvalue weighted by molar-refractivity contribution is 5.92. The molecule has 3 aromatic heterocycles. The topological polar surface area (TPSA) is 76.5 Å². The van der Waals surface area contributed by atoms with Crippen LogP contribution in [0, 0.1) is 0 Å². The van der Waals surface area contributed by atoms with E-state index in [2.05, 4.69) is 15.0 Å². The van der Waals surface area contributed by atoms with Crippen LogP contribution in [0.15, 0.2) is 29.1 Å². The molecule has 0 saturated heterocycles. The first kappa shape index (κ1) is 13.7. The van der Waals surface area contributed by atoms with Gasteiger partial charge in [0, 0.05) is 37.5 Å². The monoisotopic (exact) mass is 323 g/mol. The Bertz CT molecular complexity index is 891. The second-order valence-corrected chi connectivity index (χ2v) is 6.48. The molecule has 0 bridgehead atoms. The summed E-state index contributed by atoms with van der Waals surface area (Å²) in [5, 5.41) is 0. The van der Waals surface area contributed by atoms with Gasteiger partial charge in [-0.25, -0.2) is 15.0 Å². The molecule has 24 heavy (non-hydrogen) atoms. The molecule has 2 aliphatic rings. The van der Waals surface area contributed by atoms with Crippen molar-refractivity contribution in [3.63, 3.8) is 0 Å². The van der Waals surface area contributed by atoms with Gasteiger partial charge in [0.05, 0.1) is 6.54 Å². The van der Waals surface area contributed by atoms with Crippen molar-refractivity contribution in [3.8, 4) is 0 Å². The predicted molar refractivity (Wildman–Crippen MR) is 84.5 cm³/mol. The molecular formula is C17H17N5O2. The van der Waals surface area contributed by atoms with E-state index in [1.165, 1.54) is 6.42 Å². The van der Waals surface area contributed by atoms with Crippen LogP contribution < -0.4 is 0 Å². The van der Waals surface area contributed by atoms with E-state index in [1.54, 1.807) is 21.7 Å². The summed E-state index contributed by atoms with van der Waals surface area (Å²) in [6, 6.07) is 1.81. The lowest BCUT2D eigenvalue weighted by Gasteiger charge is -2.24. The Hall–Kier alpha value is -2.70. The third-order valence-corrected chi connectivity index (χ3v) is 4.94. The summed E-state index contributed by atoms with van der Waals surface area (Å²) >= 11 is 0. The number of carbonyl (C=O) groups excluding carboxylic acids is 1. The molecule has 7 nitrogen and oxygen atoms in total. The van der Waals surface area contributed by atoms with Gasteiger partial charge in [-0.3, -0.25) is 9.20 Å². The zero-order chi connectivity index (χ0) is 16.1. The van der Waals surface area contributed by atoms with Gasteiger partial charge >= 0.3 is 0 Å². The highest BCUT2D eigenvalue weighted by Gasteiger charge is 2.31. The Balaban J connectivity index is 1.39. The van der Waals surface area contributed by atoms with E-state index in [1.807, 2.05) is 12.3 Å². The molecule has 5 rings (SSSR count). The van der Waals surface area contributed by atoms with Crippen molar-refractivity contribution in [2.75, 3.05) is 6.54 Å². The summed E-state index contributed by atoms with van der Waals surface area (Å²) in [5.41, 5.74) is 1.32. The second kappa shape index (κ2) is 5.15. The summed E-state index contributed by atoms with van der Waals surface area (Å²) in [7, 11) is 0. The average molecular weight is 323 g/mol. The number of nitrogens with zero attached hydrogens (tertiary/aromatic N) is 5. The number of imidazole rings is 1. The number of aromatic nitrogens is 4. The number of oxazole rings is 1. The molecule has 122 valence electrons. The predicted octanol–water partition coefficient (Wildman–Crippen LogP) is 2.18. The first-order valence-electron chi connectivity index (χ1n) is 8.35. The minimum atomic E-state index is -0.0839. The molecule has 4 heterocycles. The van der Waals surface area contributed by atoms with Gasteiger partial charge < -0.3 is 9.32 Å². The first-order chi connectivity index (χ1) is 11.8. The van der Waals surface area contributed by atoms with E-state index in [0.717, 1.165) is 30.2 Å². The molecule has 0 spiro atoms. The van der Waals surface area contributed by atoms with Crippen LogP contribution >= 0.6 is 0 Å². The number of fused-ring (bicyclic) bond motifs is 2. The smallest absolute Gasteiger partial charge is 0.274 e. The Morgan fingerprint density at radius 2 is 2.21 bits per heavy atom. The Morgan fingerprint density at radius 3 is 3.00 bits per heavy atom. The van der Waals surface area contributed by atoms with Gasteiger partial charge in [-0.1, -0.05) is 6.42 Å². The molecule has 0 radical (unpaired) electrons. The van der Waals surface area contributed by atoms with E-state index in [9.17, 15) is 4.79 Å². The molecule has 0 atom stereocenters. The molecule has 0 aromatic carbocycles. The van der Waals surface area contributed by atoms with Crippen molar-refractivity contribution in [2.24, 2.45) is 0 Å². The third kappa shape index (κ3) is 2.11. The highest BCUT2D eigenvalue weighted by Crippen LogP contribution is 2.37. The van der Waals surface area contributed by atoms with Gasteiger partial charge in [0.1, 0.15) is 17.1 Å². The molecule has 7 heteroatoms. The zero-order valence-corrected chi connectivity index (χ0v) is 13.2. The molecular weight excluding hydrogens is 306 g/mol. The maximum atomic E-state index is 12.8. The first-order valence-corrected chi connectivity index (χ1v) is 8.35. The van der Waals surface area contributed by atoms with E-state index >= 15 is 0 Å². The number of hydrogen-bond acceptors (Lipinski definition) is 5. The zero-order valence-electron chi connectivity index (χ0n) is 13.2. The average Bonchev–Trinajstić information content (AvgIpc) is 3.15. The molecule has 1 amide bonds. The van der Waals surface area contributed by atoms with Gasteiger partial charge in [0.25, 0.3) is 5.91 Å². The van der Waals surface area contributed by atoms with Crippen molar-refractivity contribution in [2.45, 2.75) is 38.1 Å². The van der Waals surface area contributed by atoms with Crippen LogP contribution in [0.4, 0.5) is 0 Å². The van der Waals surface area contributed by atoms with E-state index < -0.39 is 0 Å². The fraction of sp³-hybridized carbons (Fsp3) is 0.412. The van der Waals surface area contributed by atoms with Crippen molar-refractivity contribution in [1.29, 1.82) is 0 Å². The van der Waals surface area contributed by atoms with Crippen LogP contribution in [0.2, 0.25) is 0 Å². The molecule has 1 aliphatic carbocycles. The Labute approximate surface area is 138 Å². The number of hydrogen-bond donors (Lipinski definition) is 0. The van der Waals surface area contributed by atoms with Crippen LogP contribution in [-0.2, 0) is 13.0 Å². The van der Waals surface area contributed by atoms with E-state index in [0.29, 0.717) is 36.9 Å². The summed E-state index contributed by atoms with van der Waals surface area (Å²) in [5.74, 6) is 2.73. The summed E-state index contributed by atoms with van der Waals surface area (Å²) in [6.07, 6.45) is 9.52. The van der Waals surface area contributed by atoms with Crippen molar-refractivity contribution >= 4 is 11.7 Å². The molecule has 0 unspecified atom stereocenters. The largest absolute Gasteiger partial charge is 0.445 e. The maximum absolute atomic E-state index is 12.8. The lowest BCUT2D eigenvalue weighted by atomic mass is 9.85. The Morgan fingerprint density at radius 1 is 1.29 bits per heavy atom. The molecule has 3 aromatic rings. The second-order valence-electron chi connectivity index (χ2n) is 6.48. The molecule has 1 saturated carbocycles. The van der Waals surface area contributed by atoms with E-state index in [-0.39, 0.29) is 5.91 Å². The highest BCUT2D eigenvalue weighted by atomic mass is 16.4. The SMILES string of the molecule is O=C(c1cn2cccnc2n1)N1CCc2oc(C3CCC3)nc2C1. The van der Waals surface area contributed by atoms with Gasteiger partial charge in [0.2, 0.25) is 5.78 Å². The third-order valence-electron chi connectivity index (χ3n) is 4.94. The van der Waals surface area contributed by atoms with Gasteiger partial charge in [0.15, 0.2) is 5.89 Å². The van der Waals surface area contributed by atoms with Crippen LogP contribution in [0.5, 0.6) is 0 Å². The summed E-state index contributed by atoms with van der Waals surface area (Å²) in [4.78, 5) is 27.7. The normalized spacial score (nSPS) is 17.8. The van der Waals surface area contributed by atoms with Crippen LogP contribution in [0.25, 0.3) is 5.78 Å². The molecule has 0 N–H and O–H groups in total. The van der Waals surface area contributed by atoms with Crippen molar-refractivity contribution in [3.05, 3.63) is 47.7 Å². The number of amides is 1. The standard InChI is InChI=1S/C17H17N5O2/c23-16(13-10-22-7-2-6-18-17(22)20-13)21-8-5-14-12(9-21)19-15(24-14)11-3-1-4-11/h2,6-7,10-11H,1,3-5,8-9H2. The van der Waals surface area contributed by atoms with Gasteiger partial charge in [-0.2, -0.15) is 0 Å². The Kier molecular flexibility index (Phi) is 2.95. The van der Waals surface area contributed by atoms with Gasteiger partial charge in [-0.15, -0.1) is 0 Å². The maximum Gasteiger partial charge on any atom is 0.274 e. The lowest BCUT2D eigenvalue weighted by Crippen LogP contribution is -2.36. The van der Waals surface area contributed by atoms with Crippen LogP contribution in [-0.4, -0.2) is 36.7 Å². The molecule has 1 fully saturated rings. The summed E-state index contributed by atoms with van der Waals surface area (Å²) in [6.45, 7) is 1.12.